The summed E-state index contributed by atoms with van der Waals surface area (Å²) in [5.74, 6) is -0.653. The van der Waals surface area contributed by atoms with Crippen molar-refractivity contribution in [1.82, 2.24) is 9.78 Å². The van der Waals surface area contributed by atoms with E-state index in [-0.39, 0.29) is 27.4 Å². The number of nitro benzene ring substituents is 1. The molecule has 7 nitrogen and oxygen atoms in total. The second-order valence-corrected chi connectivity index (χ2v) is 5.94. The van der Waals surface area contributed by atoms with Gasteiger partial charge in [0.1, 0.15) is 17.9 Å². The van der Waals surface area contributed by atoms with E-state index in [1.165, 1.54) is 19.1 Å². The molecule has 0 aliphatic rings. The Bertz CT molecular complexity index is 813. The minimum absolute atomic E-state index is 0.0487. The molecule has 1 aromatic carbocycles. The lowest BCUT2D eigenvalue weighted by molar-refractivity contribution is -0.383. The van der Waals surface area contributed by atoms with Crippen LogP contribution in [0.2, 0.25) is 5.02 Å². The maximum atomic E-state index is 12.8. The number of amides is 1. The van der Waals surface area contributed by atoms with Crippen LogP contribution in [0.1, 0.15) is 17.8 Å². The number of carbonyl (C=O) groups is 1. The molecule has 0 atom stereocenters. The molecule has 0 saturated heterocycles. The van der Waals surface area contributed by atoms with Gasteiger partial charge in [0, 0.05) is 11.1 Å². The van der Waals surface area contributed by atoms with Gasteiger partial charge in [0.05, 0.1) is 15.1 Å². The van der Waals surface area contributed by atoms with Crippen LogP contribution in [0.25, 0.3) is 0 Å². The highest BCUT2D eigenvalue weighted by atomic mass is 79.9. The van der Waals surface area contributed by atoms with E-state index in [1.54, 1.807) is 0 Å². The van der Waals surface area contributed by atoms with Gasteiger partial charge in [-0.05, 0) is 35.0 Å². The molecule has 1 aromatic heterocycles. The summed E-state index contributed by atoms with van der Waals surface area (Å²) in [5, 5.41) is 17.1. The number of halogens is 4. The number of carbonyl (C=O) groups excluding carboxylic acids is 1. The van der Waals surface area contributed by atoms with Crippen molar-refractivity contribution in [3.8, 4) is 0 Å². The standard InChI is InChI=1S/C13H10BrClF2N4O3/c1-6-11(14)12(13(16)17)19-20(6)5-10(22)18-8-3-2-7(15)4-9(8)21(23)24/h2-4,13H,5H2,1H3,(H,18,22). The van der Waals surface area contributed by atoms with Crippen molar-refractivity contribution in [3.05, 3.63) is 49.2 Å². The largest absolute Gasteiger partial charge is 0.319 e. The zero-order valence-corrected chi connectivity index (χ0v) is 14.4. The second-order valence-electron chi connectivity index (χ2n) is 4.71. The number of nitro groups is 1. The van der Waals surface area contributed by atoms with E-state index < -0.39 is 22.9 Å². The van der Waals surface area contributed by atoms with Crippen molar-refractivity contribution in [1.29, 1.82) is 0 Å². The Hall–Kier alpha value is -2.07. The molecule has 0 fully saturated rings. The minimum Gasteiger partial charge on any atom is -0.319 e. The summed E-state index contributed by atoms with van der Waals surface area (Å²) in [6.45, 7) is 1.14. The third kappa shape index (κ3) is 3.88. The molecule has 24 heavy (non-hydrogen) atoms. The van der Waals surface area contributed by atoms with Gasteiger partial charge in [0.25, 0.3) is 12.1 Å². The maximum absolute atomic E-state index is 12.8. The van der Waals surface area contributed by atoms with E-state index in [0.717, 1.165) is 10.7 Å². The fourth-order valence-corrected chi connectivity index (χ4v) is 2.55. The third-order valence-electron chi connectivity index (χ3n) is 3.09. The second kappa shape index (κ2) is 7.22. The lowest BCUT2D eigenvalue weighted by atomic mass is 10.2. The minimum atomic E-state index is -2.79. The average Bonchev–Trinajstić information content (AvgIpc) is 2.77. The molecule has 11 heteroatoms. The molecule has 0 spiro atoms. The highest BCUT2D eigenvalue weighted by molar-refractivity contribution is 9.10. The fraction of sp³-hybridized carbons (Fsp3) is 0.231. The van der Waals surface area contributed by atoms with Gasteiger partial charge in [-0.3, -0.25) is 19.6 Å². The molecule has 2 aromatic rings. The average molecular weight is 424 g/mol. The third-order valence-corrected chi connectivity index (χ3v) is 4.30. The summed E-state index contributed by atoms with van der Waals surface area (Å²) in [4.78, 5) is 22.3. The molecule has 0 radical (unpaired) electrons. The van der Waals surface area contributed by atoms with E-state index in [9.17, 15) is 23.7 Å². The summed E-state index contributed by atoms with van der Waals surface area (Å²) in [5.41, 5.74) is -0.557. The number of nitrogens with zero attached hydrogens (tertiary/aromatic N) is 3. The van der Waals surface area contributed by atoms with Crippen LogP contribution in [0.4, 0.5) is 20.2 Å². The number of nitrogens with one attached hydrogen (secondary N) is 1. The Morgan fingerprint density at radius 1 is 1.54 bits per heavy atom. The first kappa shape index (κ1) is 18.3. The highest BCUT2D eigenvalue weighted by Crippen LogP contribution is 2.30. The smallest absolute Gasteiger partial charge is 0.294 e. The van der Waals surface area contributed by atoms with Crippen molar-refractivity contribution in [2.75, 3.05) is 5.32 Å². The van der Waals surface area contributed by atoms with Crippen LogP contribution in [0.3, 0.4) is 0 Å². The molecular formula is C13H10BrClF2N4O3. The maximum Gasteiger partial charge on any atom is 0.294 e. The number of aromatic nitrogens is 2. The zero-order chi connectivity index (χ0) is 18.0. The molecule has 1 N–H and O–H groups in total. The van der Waals surface area contributed by atoms with Crippen molar-refractivity contribution >= 4 is 44.8 Å². The zero-order valence-electron chi connectivity index (χ0n) is 12.1. The molecule has 0 aliphatic carbocycles. The first-order chi connectivity index (χ1) is 11.2. The van der Waals surface area contributed by atoms with Crippen molar-refractivity contribution in [2.45, 2.75) is 19.9 Å². The van der Waals surface area contributed by atoms with E-state index in [4.69, 9.17) is 11.6 Å². The summed E-state index contributed by atoms with van der Waals surface area (Å²) in [6, 6.07) is 3.77. The van der Waals surface area contributed by atoms with Crippen molar-refractivity contribution in [3.63, 3.8) is 0 Å². The van der Waals surface area contributed by atoms with E-state index in [1.807, 2.05) is 0 Å². The summed E-state index contributed by atoms with van der Waals surface area (Å²) < 4.78 is 26.8. The topological polar surface area (TPSA) is 90.1 Å². The summed E-state index contributed by atoms with van der Waals surface area (Å²) in [6.07, 6.45) is -2.79. The van der Waals surface area contributed by atoms with Crippen molar-refractivity contribution < 1.29 is 18.5 Å². The summed E-state index contributed by atoms with van der Waals surface area (Å²) in [7, 11) is 0. The Balaban J connectivity index is 2.21. The molecule has 1 amide bonds. The Labute approximate surface area is 147 Å². The number of anilines is 1. The Kier molecular flexibility index (Phi) is 5.50. The highest BCUT2D eigenvalue weighted by Gasteiger charge is 2.22. The first-order valence-electron chi connectivity index (χ1n) is 6.45. The predicted molar refractivity (Wildman–Crippen MR) is 86.4 cm³/mol. The lowest BCUT2D eigenvalue weighted by Crippen LogP contribution is -2.21. The van der Waals surface area contributed by atoms with Gasteiger partial charge < -0.3 is 5.32 Å². The van der Waals surface area contributed by atoms with E-state index in [2.05, 4.69) is 26.3 Å². The lowest BCUT2D eigenvalue weighted by Gasteiger charge is -2.07. The SMILES string of the molecule is Cc1c(Br)c(C(F)F)nn1CC(=O)Nc1ccc(Cl)cc1[N+](=O)[O-]. The van der Waals surface area contributed by atoms with Crippen LogP contribution in [-0.4, -0.2) is 20.6 Å². The molecule has 128 valence electrons. The first-order valence-corrected chi connectivity index (χ1v) is 7.62. The Morgan fingerprint density at radius 2 is 2.21 bits per heavy atom. The van der Waals surface area contributed by atoms with Crippen molar-refractivity contribution in [2.24, 2.45) is 0 Å². The molecule has 0 bridgehead atoms. The number of benzene rings is 1. The predicted octanol–water partition coefficient (Wildman–Crippen LogP) is 4.09. The molecule has 2 rings (SSSR count). The fourth-order valence-electron chi connectivity index (χ4n) is 1.93. The number of hydrogen-bond donors (Lipinski definition) is 1. The monoisotopic (exact) mass is 422 g/mol. The quantitative estimate of drug-likeness (QED) is 0.579. The number of rotatable bonds is 5. The van der Waals surface area contributed by atoms with Gasteiger partial charge in [0.2, 0.25) is 5.91 Å². The number of alkyl halides is 2. The van der Waals surface area contributed by atoms with Gasteiger partial charge in [-0.15, -0.1) is 0 Å². The van der Waals surface area contributed by atoms with Crippen LogP contribution in [0.5, 0.6) is 0 Å². The molecule has 0 saturated carbocycles. The van der Waals surface area contributed by atoms with E-state index in [0.29, 0.717) is 5.69 Å². The van der Waals surface area contributed by atoms with Crippen LogP contribution in [0, 0.1) is 17.0 Å². The molecule has 0 unspecified atom stereocenters. The van der Waals surface area contributed by atoms with Crippen LogP contribution in [0.15, 0.2) is 22.7 Å². The van der Waals surface area contributed by atoms with Gasteiger partial charge in [0.15, 0.2) is 0 Å². The Morgan fingerprint density at radius 3 is 2.75 bits per heavy atom. The van der Waals surface area contributed by atoms with Gasteiger partial charge >= 0.3 is 0 Å². The van der Waals surface area contributed by atoms with E-state index >= 15 is 0 Å². The van der Waals surface area contributed by atoms with Crippen LogP contribution in [-0.2, 0) is 11.3 Å². The van der Waals surface area contributed by atoms with Crippen LogP contribution >= 0.6 is 27.5 Å². The van der Waals surface area contributed by atoms with Crippen LogP contribution < -0.4 is 5.32 Å². The summed E-state index contributed by atoms with van der Waals surface area (Å²) >= 11 is 8.69. The van der Waals surface area contributed by atoms with Gasteiger partial charge in [-0.2, -0.15) is 5.10 Å². The normalized spacial score (nSPS) is 10.9. The van der Waals surface area contributed by atoms with Gasteiger partial charge in [-0.1, -0.05) is 11.6 Å². The molecule has 1 heterocycles. The number of hydrogen-bond acceptors (Lipinski definition) is 4. The molecular weight excluding hydrogens is 414 g/mol. The van der Waals surface area contributed by atoms with Gasteiger partial charge in [-0.25, -0.2) is 8.78 Å². The molecule has 0 aliphatic heterocycles.